The first-order chi connectivity index (χ1) is 12.6. The summed E-state index contributed by atoms with van der Waals surface area (Å²) in [6.45, 7) is 1.86. The lowest BCUT2D eigenvalue weighted by atomic mass is 9.84. The number of carbonyl (C=O) groups excluding carboxylic acids is 2. The van der Waals surface area contributed by atoms with Gasteiger partial charge in [-0.1, -0.05) is 48.5 Å². The van der Waals surface area contributed by atoms with Crippen molar-refractivity contribution < 1.29 is 18.7 Å². The smallest absolute Gasteiger partial charge is 0.336 e. The zero-order valence-electron chi connectivity index (χ0n) is 14.5. The van der Waals surface area contributed by atoms with Gasteiger partial charge in [-0.2, -0.15) is 0 Å². The third-order valence-corrected chi connectivity index (χ3v) is 4.44. The van der Waals surface area contributed by atoms with Crippen molar-refractivity contribution in [3.8, 4) is 0 Å². The minimum Gasteiger partial charge on any atom is -0.462 e. The quantitative estimate of drug-likeness (QED) is 0.837. The Bertz CT molecular complexity index is 845. The molecule has 1 atom stereocenters. The van der Waals surface area contributed by atoms with Crippen LogP contribution in [0.5, 0.6) is 0 Å². The van der Waals surface area contributed by atoms with Crippen LogP contribution in [0.1, 0.15) is 30.4 Å². The number of esters is 1. The highest BCUT2D eigenvalue weighted by molar-refractivity contribution is 5.95. The van der Waals surface area contributed by atoms with Gasteiger partial charge in [0.25, 0.3) is 0 Å². The third kappa shape index (κ3) is 3.99. The average Bonchev–Trinajstić information content (AvgIpc) is 2.62. The summed E-state index contributed by atoms with van der Waals surface area (Å²) in [7, 11) is 0. The highest BCUT2D eigenvalue weighted by Crippen LogP contribution is 2.34. The van der Waals surface area contributed by atoms with Crippen LogP contribution < -0.4 is 5.32 Å². The molecular formula is C21H20FNO3. The van der Waals surface area contributed by atoms with Crippen LogP contribution in [-0.4, -0.2) is 18.5 Å². The maximum Gasteiger partial charge on any atom is 0.336 e. The van der Waals surface area contributed by atoms with Crippen molar-refractivity contribution in [2.75, 3.05) is 6.61 Å². The van der Waals surface area contributed by atoms with Crippen LogP contribution in [0, 0.1) is 5.82 Å². The Labute approximate surface area is 151 Å². The first kappa shape index (κ1) is 17.9. The SMILES string of the molecule is CC1=C(C(=O)OCCc2ccccc2)[C@@H](c2ccccc2F)CC(=O)N1. The Balaban J connectivity index is 1.78. The van der Waals surface area contributed by atoms with Crippen LogP contribution in [0.25, 0.3) is 0 Å². The van der Waals surface area contributed by atoms with E-state index in [-0.39, 0.29) is 18.9 Å². The number of carbonyl (C=O) groups is 2. The van der Waals surface area contributed by atoms with Gasteiger partial charge in [0.1, 0.15) is 5.82 Å². The maximum absolute atomic E-state index is 14.2. The fourth-order valence-electron chi connectivity index (χ4n) is 3.18. The molecule has 1 aliphatic heterocycles. The van der Waals surface area contributed by atoms with Gasteiger partial charge in [0.2, 0.25) is 5.91 Å². The van der Waals surface area contributed by atoms with E-state index in [0.717, 1.165) is 5.56 Å². The van der Waals surface area contributed by atoms with Crippen LogP contribution in [0.3, 0.4) is 0 Å². The Morgan fingerprint density at radius 2 is 1.85 bits per heavy atom. The van der Waals surface area contributed by atoms with E-state index < -0.39 is 17.7 Å². The van der Waals surface area contributed by atoms with Gasteiger partial charge >= 0.3 is 5.97 Å². The lowest BCUT2D eigenvalue weighted by Crippen LogP contribution is -2.34. The molecule has 0 bridgehead atoms. The first-order valence-corrected chi connectivity index (χ1v) is 8.52. The molecule has 2 aromatic rings. The predicted octanol–water partition coefficient (Wildman–Crippen LogP) is 3.49. The topological polar surface area (TPSA) is 55.4 Å². The normalized spacial score (nSPS) is 17.0. The Morgan fingerprint density at radius 1 is 1.15 bits per heavy atom. The van der Waals surface area contributed by atoms with Gasteiger partial charge in [0.15, 0.2) is 0 Å². The predicted molar refractivity (Wildman–Crippen MR) is 95.7 cm³/mol. The summed E-state index contributed by atoms with van der Waals surface area (Å²) < 4.78 is 19.6. The number of amides is 1. The van der Waals surface area contributed by atoms with E-state index in [1.165, 1.54) is 6.07 Å². The summed E-state index contributed by atoms with van der Waals surface area (Å²) >= 11 is 0. The molecule has 0 aromatic heterocycles. The first-order valence-electron chi connectivity index (χ1n) is 8.52. The van der Waals surface area contributed by atoms with Crippen LogP contribution in [0.15, 0.2) is 65.9 Å². The molecular weight excluding hydrogens is 333 g/mol. The molecule has 1 amide bonds. The van der Waals surface area contributed by atoms with Crippen molar-refractivity contribution >= 4 is 11.9 Å². The molecule has 0 unspecified atom stereocenters. The van der Waals surface area contributed by atoms with E-state index in [0.29, 0.717) is 23.3 Å². The van der Waals surface area contributed by atoms with Gasteiger partial charge < -0.3 is 10.1 Å². The molecule has 0 aliphatic carbocycles. The van der Waals surface area contributed by atoms with Crippen molar-refractivity contribution in [1.29, 1.82) is 0 Å². The number of ether oxygens (including phenoxy) is 1. The second kappa shape index (κ2) is 7.95. The molecule has 0 spiro atoms. The molecule has 134 valence electrons. The highest BCUT2D eigenvalue weighted by Gasteiger charge is 2.34. The second-order valence-electron chi connectivity index (χ2n) is 6.24. The zero-order valence-corrected chi connectivity index (χ0v) is 14.5. The summed E-state index contributed by atoms with van der Waals surface area (Å²) in [5.74, 6) is -1.84. The van der Waals surface area contributed by atoms with Crippen LogP contribution in [0.4, 0.5) is 4.39 Å². The average molecular weight is 353 g/mol. The highest BCUT2D eigenvalue weighted by atomic mass is 19.1. The molecule has 5 heteroatoms. The van der Waals surface area contributed by atoms with Crippen molar-refractivity contribution in [2.24, 2.45) is 0 Å². The van der Waals surface area contributed by atoms with Gasteiger partial charge in [0.05, 0.1) is 12.2 Å². The molecule has 0 fully saturated rings. The molecule has 1 heterocycles. The minimum atomic E-state index is -0.644. The summed E-state index contributed by atoms with van der Waals surface area (Å²) in [5.41, 5.74) is 2.12. The van der Waals surface area contributed by atoms with Crippen molar-refractivity contribution in [3.05, 3.63) is 82.8 Å². The fourth-order valence-corrected chi connectivity index (χ4v) is 3.18. The van der Waals surface area contributed by atoms with Crippen molar-refractivity contribution in [1.82, 2.24) is 5.32 Å². The molecule has 0 radical (unpaired) electrons. The summed E-state index contributed by atoms with van der Waals surface area (Å²) in [4.78, 5) is 24.6. The van der Waals surface area contributed by atoms with Gasteiger partial charge in [0, 0.05) is 24.5 Å². The van der Waals surface area contributed by atoms with Crippen LogP contribution in [0.2, 0.25) is 0 Å². The summed E-state index contributed by atoms with van der Waals surface area (Å²) in [6, 6.07) is 15.9. The number of halogens is 1. The Kier molecular flexibility index (Phi) is 5.46. The number of hydrogen-bond acceptors (Lipinski definition) is 3. The van der Waals surface area contributed by atoms with Crippen LogP contribution >= 0.6 is 0 Å². The lowest BCUT2D eigenvalue weighted by Gasteiger charge is -2.26. The monoisotopic (exact) mass is 353 g/mol. The Morgan fingerprint density at radius 3 is 2.58 bits per heavy atom. The van der Waals surface area contributed by atoms with Gasteiger partial charge in [-0.05, 0) is 24.1 Å². The molecule has 2 aromatic carbocycles. The lowest BCUT2D eigenvalue weighted by molar-refractivity contribution is -0.139. The number of allylic oxidation sites excluding steroid dienone is 1. The van der Waals surface area contributed by atoms with E-state index in [9.17, 15) is 14.0 Å². The summed E-state index contributed by atoms with van der Waals surface area (Å²) in [6.07, 6.45) is 0.608. The van der Waals surface area contributed by atoms with E-state index in [2.05, 4.69) is 5.32 Å². The number of benzene rings is 2. The zero-order chi connectivity index (χ0) is 18.5. The van der Waals surface area contributed by atoms with E-state index >= 15 is 0 Å². The number of rotatable bonds is 5. The van der Waals surface area contributed by atoms with Gasteiger partial charge in [-0.15, -0.1) is 0 Å². The molecule has 26 heavy (non-hydrogen) atoms. The minimum absolute atomic E-state index is 0.0153. The van der Waals surface area contributed by atoms with Crippen LogP contribution in [-0.2, 0) is 20.7 Å². The van der Waals surface area contributed by atoms with Crippen molar-refractivity contribution in [2.45, 2.75) is 25.7 Å². The van der Waals surface area contributed by atoms with Gasteiger partial charge in [-0.3, -0.25) is 4.79 Å². The number of nitrogens with one attached hydrogen (secondary N) is 1. The van der Waals surface area contributed by atoms with E-state index in [1.807, 2.05) is 30.3 Å². The molecule has 3 rings (SSSR count). The van der Waals surface area contributed by atoms with Gasteiger partial charge in [-0.25, -0.2) is 9.18 Å². The summed E-state index contributed by atoms with van der Waals surface area (Å²) in [5, 5.41) is 2.65. The Hall–Kier alpha value is -2.95. The molecule has 1 aliphatic rings. The van der Waals surface area contributed by atoms with E-state index in [4.69, 9.17) is 4.74 Å². The second-order valence-corrected chi connectivity index (χ2v) is 6.24. The molecule has 0 saturated carbocycles. The molecule has 1 N–H and O–H groups in total. The molecule has 0 saturated heterocycles. The maximum atomic E-state index is 14.2. The third-order valence-electron chi connectivity index (χ3n) is 4.44. The largest absolute Gasteiger partial charge is 0.462 e. The van der Waals surface area contributed by atoms with Crippen molar-refractivity contribution in [3.63, 3.8) is 0 Å². The number of hydrogen-bond donors (Lipinski definition) is 1. The van der Waals surface area contributed by atoms with E-state index in [1.54, 1.807) is 25.1 Å². The molecule has 4 nitrogen and oxygen atoms in total. The fraction of sp³-hybridized carbons (Fsp3) is 0.238. The standard InChI is InChI=1S/C21H20FNO3/c1-14-20(21(25)26-12-11-15-7-3-2-4-8-15)17(13-19(24)23-14)16-9-5-6-10-18(16)22/h2-10,17H,11-13H2,1H3,(H,23,24)/t17-/m1/s1.